The van der Waals surface area contributed by atoms with E-state index >= 15 is 0 Å². The summed E-state index contributed by atoms with van der Waals surface area (Å²) in [6.07, 6.45) is 4.82. The summed E-state index contributed by atoms with van der Waals surface area (Å²) in [5.41, 5.74) is 0.122. The fourth-order valence-corrected chi connectivity index (χ4v) is 2.89. The van der Waals surface area contributed by atoms with Crippen LogP contribution in [0.3, 0.4) is 0 Å². The smallest absolute Gasteiger partial charge is 0.340 e. The Labute approximate surface area is 112 Å². The lowest BCUT2D eigenvalue weighted by atomic mass is 9.82. The molecule has 0 radical (unpaired) electrons. The van der Waals surface area contributed by atoms with Crippen LogP contribution in [0, 0.1) is 17.7 Å². The second-order valence-electron chi connectivity index (χ2n) is 5.49. The van der Waals surface area contributed by atoms with Crippen LogP contribution in [0.15, 0.2) is 18.2 Å². The molecule has 0 aliphatic heterocycles. The zero-order valence-corrected chi connectivity index (χ0v) is 11.2. The van der Waals surface area contributed by atoms with Crippen molar-refractivity contribution >= 4 is 11.7 Å². The number of benzene rings is 1. The maximum atomic E-state index is 13.5. The summed E-state index contributed by atoms with van der Waals surface area (Å²) in [7, 11) is 0. The highest BCUT2D eigenvalue weighted by Gasteiger charge is 2.20. The van der Waals surface area contributed by atoms with Gasteiger partial charge in [-0.1, -0.05) is 25.8 Å². The van der Waals surface area contributed by atoms with Gasteiger partial charge in [0.15, 0.2) is 0 Å². The van der Waals surface area contributed by atoms with Crippen molar-refractivity contribution in [3.63, 3.8) is 0 Å². The third-order valence-electron chi connectivity index (χ3n) is 3.85. The van der Waals surface area contributed by atoms with E-state index in [0.717, 1.165) is 18.8 Å². The lowest BCUT2D eigenvalue weighted by Gasteiger charge is -2.27. The van der Waals surface area contributed by atoms with Crippen molar-refractivity contribution in [1.82, 2.24) is 0 Å². The van der Waals surface area contributed by atoms with Crippen molar-refractivity contribution < 1.29 is 14.3 Å². The molecule has 104 valence electrons. The number of rotatable bonds is 4. The molecule has 0 amide bonds. The van der Waals surface area contributed by atoms with E-state index in [-0.39, 0.29) is 5.56 Å². The first-order valence-electron chi connectivity index (χ1n) is 6.83. The van der Waals surface area contributed by atoms with Gasteiger partial charge in [-0.15, -0.1) is 0 Å². The molecule has 2 unspecified atom stereocenters. The van der Waals surface area contributed by atoms with E-state index in [0.29, 0.717) is 18.2 Å². The molecule has 1 aliphatic rings. The highest BCUT2D eigenvalue weighted by molar-refractivity contribution is 5.94. The van der Waals surface area contributed by atoms with Gasteiger partial charge in [0.25, 0.3) is 0 Å². The maximum Gasteiger partial charge on any atom is 0.340 e. The molecule has 0 aromatic heterocycles. The average Bonchev–Trinajstić information content (AvgIpc) is 2.36. The van der Waals surface area contributed by atoms with Crippen molar-refractivity contribution in [3.8, 4) is 0 Å². The molecule has 2 rings (SSSR count). The minimum Gasteiger partial charge on any atom is -0.478 e. The molecule has 1 aromatic rings. The molecule has 19 heavy (non-hydrogen) atoms. The van der Waals surface area contributed by atoms with Crippen LogP contribution in [0.5, 0.6) is 0 Å². The third-order valence-corrected chi connectivity index (χ3v) is 3.85. The summed E-state index contributed by atoms with van der Waals surface area (Å²) in [6.45, 7) is 2.96. The highest BCUT2D eigenvalue weighted by Crippen LogP contribution is 2.29. The van der Waals surface area contributed by atoms with E-state index in [1.54, 1.807) is 6.07 Å². The van der Waals surface area contributed by atoms with Gasteiger partial charge in [-0.2, -0.15) is 0 Å². The molecule has 1 aromatic carbocycles. The maximum absolute atomic E-state index is 13.5. The quantitative estimate of drug-likeness (QED) is 0.871. The Morgan fingerprint density at radius 3 is 2.95 bits per heavy atom. The molecule has 0 bridgehead atoms. The summed E-state index contributed by atoms with van der Waals surface area (Å²) in [6, 6.07) is 4.34. The van der Waals surface area contributed by atoms with Gasteiger partial charge in [0.05, 0.1) is 5.69 Å². The van der Waals surface area contributed by atoms with Gasteiger partial charge in [0.1, 0.15) is 11.4 Å². The molecule has 1 fully saturated rings. The molecule has 4 heteroatoms. The van der Waals surface area contributed by atoms with Crippen LogP contribution >= 0.6 is 0 Å². The monoisotopic (exact) mass is 265 g/mol. The van der Waals surface area contributed by atoms with Crippen LogP contribution in [0.4, 0.5) is 10.1 Å². The molecule has 0 heterocycles. The van der Waals surface area contributed by atoms with Crippen LogP contribution in [0.2, 0.25) is 0 Å². The number of anilines is 1. The van der Waals surface area contributed by atoms with Crippen molar-refractivity contribution in [2.75, 3.05) is 11.9 Å². The van der Waals surface area contributed by atoms with E-state index in [1.165, 1.54) is 25.0 Å². The number of carboxylic acid groups (broad SMARTS) is 1. The fraction of sp³-hybridized carbons (Fsp3) is 0.533. The van der Waals surface area contributed by atoms with Crippen LogP contribution in [-0.2, 0) is 0 Å². The van der Waals surface area contributed by atoms with Gasteiger partial charge in [-0.3, -0.25) is 0 Å². The fourth-order valence-electron chi connectivity index (χ4n) is 2.89. The van der Waals surface area contributed by atoms with E-state index in [4.69, 9.17) is 5.11 Å². The normalized spacial score (nSPS) is 23.1. The molecule has 0 spiro atoms. The summed E-state index contributed by atoms with van der Waals surface area (Å²) >= 11 is 0. The number of hydrogen-bond acceptors (Lipinski definition) is 2. The topological polar surface area (TPSA) is 49.3 Å². The average molecular weight is 265 g/mol. The first-order chi connectivity index (χ1) is 9.08. The number of carboxylic acids is 1. The minimum atomic E-state index is -1.22. The van der Waals surface area contributed by atoms with Gasteiger partial charge in [-0.25, -0.2) is 9.18 Å². The Morgan fingerprint density at radius 1 is 1.47 bits per heavy atom. The van der Waals surface area contributed by atoms with Crippen molar-refractivity contribution in [2.45, 2.75) is 32.6 Å². The third kappa shape index (κ3) is 3.46. The summed E-state index contributed by atoms with van der Waals surface area (Å²) in [5.74, 6) is -0.632. The van der Waals surface area contributed by atoms with Crippen molar-refractivity contribution in [2.24, 2.45) is 11.8 Å². The summed E-state index contributed by atoms with van der Waals surface area (Å²) < 4.78 is 13.5. The van der Waals surface area contributed by atoms with Crippen LogP contribution < -0.4 is 5.32 Å². The molecule has 0 saturated heterocycles. The Hall–Kier alpha value is -1.58. The van der Waals surface area contributed by atoms with Crippen LogP contribution in [0.25, 0.3) is 0 Å². The van der Waals surface area contributed by atoms with Gasteiger partial charge >= 0.3 is 5.97 Å². The predicted octanol–water partition coefficient (Wildman–Crippen LogP) is 3.76. The Morgan fingerprint density at radius 2 is 2.26 bits per heavy atom. The second-order valence-corrected chi connectivity index (χ2v) is 5.49. The van der Waals surface area contributed by atoms with E-state index in [1.807, 2.05) is 0 Å². The summed E-state index contributed by atoms with van der Waals surface area (Å²) in [5, 5.41) is 12.2. The SMILES string of the molecule is CC1CCCC(CNc2cccc(F)c2C(=O)O)C1. The lowest BCUT2D eigenvalue weighted by molar-refractivity contribution is 0.0693. The highest BCUT2D eigenvalue weighted by atomic mass is 19.1. The van der Waals surface area contributed by atoms with Gasteiger partial charge < -0.3 is 10.4 Å². The minimum absolute atomic E-state index is 0.258. The zero-order valence-electron chi connectivity index (χ0n) is 11.2. The molecule has 1 saturated carbocycles. The molecule has 1 aliphatic carbocycles. The van der Waals surface area contributed by atoms with Gasteiger partial charge in [-0.05, 0) is 36.8 Å². The lowest BCUT2D eigenvalue weighted by Crippen LogP contribution is -2.22. The van der Waals surface area contributed by atoms with Crippen LogP contribution in [0.1, 0.15) is 43.0 Å². The predicted molar refractivity (Wildman–Crippen MR) is 73.0 cm³/mol. The number of hydrogen-bond donors (Lipinski definition) is 2. The Bertz CT molecular complexity index is 461. The van der Waals surface area contributed by atoms with Gasteiger partial charge in [0, 0.05) is 6.54 Å². The summed E-state index contributed by atoms with van der Waals surface area (Å²) in [4.78, 5) is 11.1. The Kier molecular flexibility index (Phi) is 4.40. The van der Waals surface area contributed by atoms with E-state index in [2.05, 4.69) is 12.2 Å². The van der Waals surface area contributed by atoms with Crippen molar-refractivity contribution in [1.29, 1.82) is 0 Å². The molecule has 2 N–H and O–H groups in total. The number of aromatic carboxylic acids is 1. The first kappa shape index (κ1) is 13.8. The number of carbonyl (C=O) groups is 1. The molecule has 3 nitrogen and oxygen atoms in total. The molecule has 2 atom stereocenters. The van der Waals surface area contributed by atoms with E-state index < -0.39 is 11.8 Å². The van der Waals surface area contributed by atoms with E-state index in [9.17, 15) is 9.18 Å². The zero-order chi connectivity index (χ0) is 13.8. The molecular formula is C15H20FNO2. The number of nitrogens with one attached hydrogen (secondary N) is 1. The van der Waals surface area contributed by atoms with Crippen LogP contribution in [-0.4, -0.2) is 17.6 Å². The Balaban J connectivity index is 2.03. The largest absolute Gasteiger partial charge is 0.478 e. The molecular weight excluding hydrogens is 245 g/mol. The standard InChI is InChI=1S/C15H20FNO2/c1-10-4-2-5-11(8-10)9-17-13-7-3-6-12(16)14(13)15(18)19/h3,6-7,10-11,17H,2,4-5,8-9H2,1H3,(H,18,19). The van der Waals surface area contributed by atoms with Crippen molar-refractivity contribution in [3.05, 3.63) is 29.6 Å². The first-order valence-corrected chi connectivity index (χ1v) is 6.83. The number of halogens is 1. The second kappa shape index (κ2) is 6.04. The van der Waals surface area contributed by atoms with Gasteiger partial charge in [0.2, 0.25) is 0 Å².